The molecular formula is C15H15N5O. The second-order valence-electron chi connectivity index (χ2n) is 5.00. The van der Waals surface area contributed by atoms with Crippen molar-refractivity contribution in [2.24, 2.45) is 5.92 Å². The van der Waals surface area contributed by atoms with E-state index in [1.165, 1.54) is 0 Å². The number of nitrogens with zero attached hydrogens (tertiary/aromatic N) is 4. The van der Waals surface area contributed by atoms with Gasteiger partial charge in [-0.2, -0.15) is 10.4 Å². The summed E-state index contributed by atoms with van der Waals surface area (Å²) in [5.74, 6) is 0.303. The zero-order chi connectivity index (χ0) is 14.7. The van der Waals surface area contributed by atoms with Crippen molar-refractivity contribution in [1.29, 1.82) is 5.26 Å². The second-order valence-corrected chi connectivity index (χ2v) is 5.00. The molecule has 0 spiro atoms. The van der Waals surface area contributed by atoms with Gasteiger partial charge in [0, 0.05) is 25.4 Å². The van der Waals surface area contributed by atoms with Gasteiger partial charge >= 0.3 is 0 Å². The summed E-state index contributed by atoms with van der Waals surface area (Å²) in [6.45, 7) is 1.13. The Balaban J connectivity index is 1.65. The first-order valence-electron chi connectivity index (χ1n) is 6.83. The number of likely N-dealkylation sites (tertiary alicyclic amines) is 1. The molecule has 1 aromatic carbocycles. The molecule has 21 heavy (non-hydrogen) atoms. The molecule has 1 aliphatic heterocycles. The van der Waals surface area contributed by atoms with Gasteiger partial charge in [-0.1, -0.05) is 18.2 Å². The molecule has 6 nitrogen and oxygen atoms in total. The first kappa shape index (κ1) is 13.2. The minimum atomic E-state index is -0.147. The Kier molecular flexibility index (Phi) is 3.56. The van der Waals surface area contributed by atoms with Crippen LogP contribution in [0.25, 0.3) is 5.69 Å². The number of nitrogens with one attached hydrogen (secondary N) is 1. The number of rotatable bonds is 3. The number of hydrogen-bond acceptors (Lipinski definition) is 4. The van der Waals surface area contributed by atoms with E-state index >= 15 is 0 Å². The largest absolute Gasteiger partial charge is 0.310 e. The van der Waals surface area contributed by atoms with Crippen LogP contribution in [0.5, 0.6) is 0 Å². The molecule has 0 saturated carbocycles. The Morgan fingerprint density at radius 1 is 1.33 bits per heavy atom. The van der Waals surface area contributed by atoms with E-state index in [0.29, 0.717) is 25.3 Å². The third-order valence-electron chi connectivity index (χ3n) is 3.56. The fraction of sp³-hybridized carbons (Fsp3) is 0.267. The van der Waals surface area contributed by atoms with Gasteiger partial charge in [0.2, 0.25) is 5.91 Å². The van der Waals surface area contributed by atoms with Crippen LogP contribution in [0, 0.1) is 17.4 Å². The van der Waals surface area contributed by atoms with Gasteiger partial charge in [0.15, 0.2) is 12.0 Å². The molecule has 0 aliphatic carbocycles. The number of hydrogen-bond donors (Lipinski definition) is 1. The van der Waals surface area contributed by atoms with E-state index < -0.39 is 0 Å². The van der Waals surface area contributed by atoms with E-state index in [0.717, 1.165) is 5.69 Å². The van der Waals surface area contributed by atoms with Crippen LogP contribution in [0.2, 0.25) is 0 Å². The predicted octanol–water partition coefficient (Wildman–Crippen LogP) is 1.61. The van der Waals surface area contributed by atoms with Gasteiger partial charge in [-0.05, 0) is 18.6 Å². The Hall–Kier alpha value is -2.81. The van der Waals surface area contributed by atoms with Crippen LogP contribution < -0.4 is 5.32 Å². The minimum Gasteiger partial charge on any atom is -0.310 e. The molecule has 1 atom stereocenters. The van der Waals surface area contributed by atoms with Crippen molar-refractivity contribution in [3.8, 4) is 11.9 Å². The van der Waals surface area contributed by atoms with Gasteiger partial charge in [0.25, 0.3) is 0 Å². The van der Waals surface area contributed by atoms with E-state index in [4.69, 9.17) is 5.26 Å². The second kappa shape index (κ2) is 5.67. The third-order valence-corrected chi connectivity index (χ3v) is 3.56. The lowest BCUT2D eigenvalue weighted by atomic mass is 10.1. The van der Waals surface area contributed by atoms with Crippen molar-refractivity contribution >= 4 is 11.7 Å². The normalized spacial score (nSPS) is 17.5. The molecule has 0 bridgehead atoms. The number of amides is 1. The van der Waals surface area contributed by atoms with E-state index in [2.05, 4.69) is 16.6 Å². The molecular weight excluding hydrogens is 266 g/mol. The molecule has 1 aliphatic rings. The summed E-state index contributed by atoms with van der Waals surface area (Å²) in [7, 11) is 0. The zero-order valence-corrected chi connectivity index (χ0v) is 11.4. The predicted molar refractivity (Wildman–Crippen MR) is 77.5 cm³/mol. The monoisotopic (exact) mass is 281 g/mol. The van der Waals surface area contributed by atoms with Crippen molar-refractivity contribution in [3.05, 3.63) is 42.6 Å². The van der Waals surface area contributed by atoms with Crippen molar-refractivity contribution in [1.82, 2.24) is 14.7 Å². The fourth-order valence-electron chi connectivity index (χ4n) is 2.41. The molecule has 1 aromatic heterocycles. The lowest BCUT2D eigenvalue weighted by Crippen LogP contribution is -2.25. The molecule has 1 fully saturated rings. The first-order valence-corrected chi connectivity index (χ1v) is 6.83. The van der Waals surface area contributed by atoms with Crippen LogP contribution in [-0.2, 0) is 4.79 Å². The number of carbonyl (C=O) groups is 1. The maximum atomic E-state index is 12.1. The molecule has 1 N–H and O–H groups in total. The van der Waals surface area contributed by atoms with E-state index in [1.54, 1.807) is 21.8 Å². The smallest absolute Gasteiger partial charge is 0.230 e. The quantitative estimate of drug-likeness (QED) is 0.867. The molecule has 1 saturated heterocycles. The molecule has 0 unspecified atom stereocenters. The highest BCUT2D eigenvalue weighted by Crippen LogP contribution is 2.17. The topological polar surface area (TPSA) is 74.0 Å². The lowest BCUT2D eigenvalue weighted by Gasteiger charge is -2.09. The highest BCUT2D eigenvalue weighted by Gasteiger charge is 2.28. The fourth-order valence-corrected chi connectivity index (χ4v) is 2.41. The van der Waals surface area contributed by atoms with E-state index in [1.807, 2.05) is 30.3 Å². The Morgan fingerprint density at radius 3 is 2.86 bits per heavy atom. The maximum absolute atomic E-state index is 12.1. The average molecular weight is 281 g/mol. The number of anilines is 1. The molecule has 3 rings (SSSR count). The number of aromatic nitrogens is 2. The van der Waals surface area contributed by atoms with Crippen LogP contribution in [0.3, 0.4) is 0 Å². The van der Waals surface area contributed by atoms with Gasteiger partial charge in [-0.3, -0.25) is 4.79 Å². The molecule has 1 amide bonds. The van der Waals surface area contributed by atoms with Crippen LogP contribution in [0.1, 0.15) is 6.42 Å². The highest BCUT2D eigenvalue weighted by atomic mass is 16.2. The number of para-hydroxylation sites is 1. The summed E-state index contributed by atoms with van der Waals surface area (Å²) in [6, 6.07) is 11.5. The molecule has 2 aromatic rings. The Morgan fingerprint density at radius 2 is 2.14 bits per heavy atom. The first-order chi connectivity index (χ1) is 10.3. The Labute approximate surface area is 122 Å². The van der Waals surface area contributed by atoms with Gasteiger partial charge < -0.3 is 10.2 Å². The van der Waals surface area contributed by atoms with Crippen LogP contribution in [0.15, 0.2) is 42.6 Å². The maximum Gasteiger partial charge on any atom is 0.230 e. The van der Waals surface area contributed by atoms with E-state index in [9.17, 15) is 4.79 Å². The summed E-state index contributed by atoms with van der Waals surface area (Å²) in [6.07, 6.45) is 4.59. The minimum absolute atomic E-state index is 0.0777. The number of nitriles is 1. The SMILES string of the molecule is N#CN1CC[C@H](C(=O)Nc2ccn(-c3ccccc3)n2)C1. The summed E-state index contributed by atoms with van der Waals surface area (Å²) in [5.41, 5.74) is 0.939. The standard InChI is InChI=1S/C15H15N5O/c16-11-19-8-6-12(10-19)15(21)17-14-7-9-20(18-14)13-4-2-1-3-5-13/h1-5,7,9,12H,6,8,10H2,(H,17,18,21)/t12-/m0/s1. The molecule has 106 valence electrons. The molecule has 2 heterocycles. The van der Waals surface area contributed by atoms with Gasteiger partial charge in [0.1, 0.15) is 0 Å². The number of carbonyl (C=O) groups excluding carboxylic acids is 1. The number of benzene rings is 1. The average Bonchev–Trinajstić information content (AvgIpc) is 3.17. The van der Waals surface area contributed by atoms with Gasteiger partial charge in [-0.15, -0.1) is 0 Å². The molecule has 0 radical (unpaired) electrons. The van der Waals surface area contributed by atoms with E-state index in [-0.39, 0.29) is 11.8 Å². The summed E-state index contributed by atoms with van der Waals surface area (Å²) < 4.78 is 1.71. The molecule has 6 heteroatoms. The van der Waals surface area contributed by atoms with Crippen molar-refractivity contribution in [2.45, 2.75) is 6.42 Å². The van der Waals surface area contributed by atoms with Gasteiger partial charge in [0.05, 0.1) is 11.6 Å². The highest BCUT2D eigenvalue weighted by molar-refractivity contribution is 5.92. The lowest BCUT2D eigenvalue weighted by molar-refractivity contribution is -0.119. The van der Waals surface area contributed by atoms with Crippen molar-refractivity contribution in [2.75, 3.05) is 18.4 Å². The summed E-state index contributed by atoms with van der Waals surface area (Å²) in [4.78, 5) is 13.7. The van der Waals surface area contributed by atoms with Crippen molar-refractivity contribution < 1.29 is 4.79 Å². The van der Waals surface area contributed by atoms with Crippen molar-refractivity contribution in [3.63, 3.8) is 0 Å². The van der Waals surface area contributed by atoms with Crippen LogP contribution in [0.4, 0.5) is 5.82 Å². The third kappa shape index (κ3) is 2.87. The van der Waals surface area contributed by atoms with Crippen LogP contribution in [-0.4, -0.2) is 33.7 Å². The summed E-state index contributed by atoms with van der Waals surface area (Å²) >= 11 is 0. The Bertz CT molecular complexity index is 673. The van der Waals surface area contributed by atoms with Crippen LogP contribution >= 0.6 is 0 Å². The van der Waals surface area contributed by atoms with Gasteiger partial charge in [-0.25, -0.2) is 4.68 Å². The zero-order valence-electron chi connectivity index (χ0n) is 11.4. The summed E-state index contributed by atoms with van der Waals surface area (Å²) in [5, 5.41) is 16.0.